The number of hydrogen-bond donors (Lipinski definition) is 1. The fourth-order valence-corrected chi connectivity index (χ4v) is 4.80. The van der Waals surface area contributed by atoms with Gasteiger partial charge in [0.1, 0.15) is 0 Å². The largest absolute Gasteiger partial charge is 0.492 e. The van der Waals surface area contributed by atoms with Crippen molar-refractivity contribution < 1.29 is 5.11 Å². The van der Waals surface area contributed by atoms with Crippen LogP contribution >= 0.6 is 11.3 Å². The minimum atomic E-state index is 0.0307. The van der Waals surface area contributed by atoms with Crippen LogP contribution < -0.4 is 0 Å². The highest BCUT2D eigenvalue weighted by Gasteiger charge is 2.31. The summed E-state index contributed by atoms with van der Waals surface area (Å²) in [6, 6.07) is 8.83. The van der Waals surface area contributed by atoms with E-state index in [0.29, 0.717) is 0 Å². The van der Waals surface area contributed by atoms with Crippen molar-refractivity contribution in [3.05, 3.63) is 46.1 Å². The molecule has 1 aliphatic rings. The molecule has 0 bridgehead atoms. The molecule has 2 aromatic heterocycles. The molecule has 27 heavy (non-hydrogen) atoms. The molecule has 0 saturated carbocycles. The molecule has 0 aliphatic carbocycles. The Bertz CT molecular complexity index is 908. The molecule has 144 valence electrons. The molecule has 1 atom stereocenters. The van der Waals surface area contributed by atoms with Gasteiger partial charge in [0, 0.05) is 32.6 Å². The number of likely N-dealkylation sites (N-methyl/N-ethyl adjacent to an activating group) is 1. The summed E-state index contributed by atoms with van der Waals surface area (Å²) in [5, 5.41) is 15.4. The molecule has 0 unspecified atom stereocenters. The maximum atomic E-state index is 10.9. The zero-order valence-electron chi connectivity index (χ0n) is 16.2. The average molecular weight is 386 g/mol. The van der Waals surface area contributed by atoms with Crippen LogP contribution in [0.15, 0.2) is 24.3 Å². The molecule has 1 fully saturated rings. The van der Waals surface area contributed by atoms with Gasteiger partial charge in [-0.3, -0.25) is 4.90 Å². The van der Waals surface area contributed by atoms with Gasteiger partial charge in [-0.15, -0.1) is 5.10 Å². The van der Waals surface area contributed by atoms with E-state index >= 15 is 0 Å². The second-order valence-electron chi connectivity index (χ2n) is 7.20. The number of piperazine rings is 1. The summed E-state index contributed by atoms with van der Waals surface area (Å²) in [6.45, 7) is 8.22. The molecule has 1 saturated heterocycles. The Morgan fingerprint density at radius 2 is 1.78 bits per heavy atom. The normalized spacial score (nSPS) is 17.6. The monoisotopic (exact) mass is 385 g/mol. The number of nitrogens with zero attached hydrogens (tertiary/aromatic N) is 5. The van der Waals surface area contributed by atoms with E-state index in [-0.39, 0.29) is 11.9 Å². The van der Waals surface area contributed by atoms with Crippen molar-refractivity contribution in [2.45, 2.75) is 32.7 Å². The lowest BCUT2D eigenvalue weighted by Gasteiger charge is -2.37. The van der Waals surface area contributed by atoms with E-state index in [1.165, 1.54) is 11.1 Å². The first-order valence-electron chi connectivity index (χ1n) is 9.69. The lowest BCUT2D eigenvalue weighted by atomic mass is 10.0. The van der Waals surface area contributed by atoms with E-state index in [1.54, 1.807) is 15.9 Å². The van der Waals surface area contributed by atoms with Crippen molar-refractivity contribution in [3.63, 3.8) is 0 Å². The molecule has 0 amide bonds. The van der Waals surface area contributed by atoms with E-state index < -0.39 is 0 Å². The summed E-state index contributed by atoms with van der Waals surface area (Å²) >= 11 is 1.55. The van der Waals surface area contributed by atoms with Gasteiger partial charge >= 0.3 is 0 Å². The maximum absolute atomic E-state index is 10.9. The molecule has 0 radical (unpaired) electrons. The second-order valence-corrected chi connectivity index (χ2v) is 8.21. The lowest BCUT2D eigenvalue weighted by molar-refractivity contribution is 0.127. The minimum absolute atomic E-state index is 0.0307. The number of rotatable bonds is 5. The SMILES string of the molecule is CCc1ccc([C@H](c2sc3nc(CC)nn3c2O)N2CCN(C)CC2)cc1. The minimum Gasteiger partial charge on any atom is -0.492 e. The van der Waals surface area contributed by atoms with E-state index in [2.05, 4.69) is 58.1 Å². The van der Waals surface area contributed by atoms with E-state index in [1.807, 2.05) is 6.92 Å². The van der Waals surface area contributed by atoms with Crippen LogP contribution in [0.25, 0.3) is 4.96 Å². The van der Waals surface area contributed by atoms with Crippen LogP contribution in [-0.2, 0) is 12.8 Å². The summed E-state index contributed by atoms with van der Waals surface area (Å²) < 4.78 is 1.60. The van der Waals surface area contributed by atoms with Gasteiger partial charge in [0.25, 0.3) is 0 Å². The molecule has 6 nitrogen and oxygen atoms in total. The highest BCUT2D eigenvalue weighted by Crippen LogP contribution is 2.40. The zero-order valence-corrected chi connectivity index (χ0v) is 17.0. The number of aryl methyl sites for hydroxylation is 2. The van der Waals surface area contributed by atoms with E-state index in [9.17, 15) is 5.11 Å². The molecule has 1 aliphatic heterocycles. The second kappa shape index (κ2) is 7.58. The van der Waals surface area contributed by atoms with Crippen LogP contribution in [0.5, 0.6) is 5.88 Å². The van der Waals surface area contributed by atoms with Gasteiger partial charge in [-0.1, -0.05) is 49.4 Å². The summed E-state index contributed by atoms with van der Waals surface area (Å²) in [5.41, 5.74) is 2.54. The fraction of sp³-hybridized carbons (Fsp3) is 0.500. The standard InChI is InChI=1S/C20H27N5OS/c1-4-14-6-8-15(9-7-14)17(24-12-10-23(3)11-13-24)18-19(26)25-20(27-18)21-16(5-2)22-25/h6-9,17,26H,4-5,10-13H2,1-3H3/t17-/m1/s1. The summed E-state index contributed by atoms with van der Waals surface area (Å²) in [4.78, 5) is 11.1. The Labute approximate surface area is 164 Å². The van der Waals surface area contributed by atoms with Gasteiger partial charge in [0.15, 0.2) is 5.82 Å². The first kappa shape index (κ1) is 18.4. The fourth-order valence-electron chi connectivity index (χ4n) is 3.66. The van der Waals surface area contributed by atoms with Gasteiger partial charge < -0.3 is 10.0 Å². The summed E-state index contributed by atoms with van der Waals surface area (Å²) in [5.74, 6) is 0.997. The molecule has 4 rings (SSSR count). The Morgan fingerprint density at radius 3 is 2.37 bits per heavy atom. The molecule has 3 heterocycles. The van der Waals surface area contributed by atoms with Crippen molar-refractivity contribution in [1.82, 2.24) is 24.4 Å². The molecule has 1 N–H and O–H groups in total. The third-order valence-corrected chi connectivity index (χ3v) is 6.49. The van der Waals surface area contributed by atoms with Crippen LogP contribution in [-0.4, -0.2) is 62.7 Å². The molecule has 0 spiro atoms. The van der Waals surface area contributed by atoms with Crippen molar-refractivity contribution >= 4 is 16.3 Å². The Balaban J connectivity index is 1.77. The predicted octanol–water partition coefficient (Wildman–Crippen LogP) is 2.96. The van der Waals surface area contributed by atoms with Gasteiger partial charge in [-0.25, -0.2) is 4.98 Å². The molecular formula is C20H27N5OS. The van der Waals surface area contributed by atoms with Crippen LogP contribution in [0.3, 0.4) is 0 Å². The van der Waals surface area contributed by atoms with Crippen LogP contribution in [0.4, 0.5) is 0 Å². The van der Waals surface area contributed by atoms with Crippen LogP contribution in [0.2, 0.25) is 0 Å². The number of thiazole rings is 1. The van der Waals surface area contributed by atoms with Gasteiger partial charge in [0.05, 0.1) is 10.9 Å². The van der Waals surface area contributed by atoms with Crippen molar-refractivity contribution in [2.75, 3.05) is 33.2 Å². The Kier molecular flexibility index (Phi) is 5.16. The first-order valence-corrected chi connectivity index (χ1v) is 10.5. The quantitative estimate of drug-likeness (QED) is 0.732. The molecular weight excluding hydrogens is 358 g/mol. The maximum Gasteiger partial charge on any atom is 0.230 e. The topological polar surface area (TPSA) is 56.9 Å². The number of hydrogen-bond acceptors (Lipinski definition) is 6. The number of benzene rings is 1. The Hall–Kier alpha value is -1.96. The van der Waals surface area contributed by atoms with Crippen LogP contribution in [0, 0.1) is 0 Å². The summed E-state index contributed by atoms with van der Waals surface area (Å²) in [6.07, 6.45) is 1.80. The van der Waals surface area contributed by atoms with Gasteiger partial charge in [-0.05, 0) is 24.6 Å². The predicted molar refractivity (Wildman–Crippen MR) is 109 cm³/mol. The molecule has 7 heteroatoms. The first-order chi connectivity index (χ1) is 13.1. The Morgan fingerprint density at radius 1 is 1.07 bits per heavy atom. The zero-order chi connectivity index (χ0) is 19.0. The third-order valence-electron chi connectivity index (χ3n) is 5.41. The number of aromatic hydroxyl groups is 1. The third kappa shape index (κ3) is 3.47. The highest BCUT2D eigenvalue weighted by atomic mass is 32.1. The van der Waals surface area contributed by atoms with E-state index in [4.69, 9.17) is 0 Å². The van der Waals surface area contributed by atoms with Gasteiger partial charge in [0.2, 0.25) is 10.8 Å². The van der Waals surface area contributed by atoms with Crippen molar-refractivity contribution in [1.29, 1.82) is 0 Å². The van der Waals surface area contributed by atoms with Crippen LogP contribution in [0.1, 0.15) is 41.7 Å². The van der Waals surface area contributed by atoms with Crippen molar-refractivity contribution in [2.24, 2.45) is 0 Å². The number of aromatic nitrogens is 3. The summed E-state index contributed by atoms with van der Waals surface area (Å²) in [7, 11) is 2.16. The molecule has 1 aromatic carbocycles. The molecule has 3 aromatic rings. The highest BCUT2D eigenvalue weighted by molar-refractivity contribution is 7.17. The smallest absolute Gasteiger partial charge is 0.230 e. The number of fused-ring (bicyclic) bond motifs is 1. The van der Waals surface area contributed by atoms with E-state index in [0.717, 1.165) is 54.7 Å². The van der Waals surface area contributed by atoms with Crippen molar-refractivity contribution in [3.8, 4) is 5.88 Å². The lowest BCUT2D eigenvalue weighted by Crippen LogP contribution is -2.46. The average Bonchev–Trinajstić information content (AvgIpc) is 3.23. The van der Waals surface area contributed by atoms with Gasteiger partial charge in [-0.2, -0.15) is 4.52 Å².